The number of nitrogens with one attached hydrogen (secondary N) is 1. The van der Waals surface area contributed by atoms with Crippen LogP contribution in [0.2, 0.25) is 0 Å². The minimum atomic E-state index is -0.617. The molecule has 0 aliphatic rings. The summed E-state index contributed by atoms with van der Waals surface area (Å²) in [6.07, 6.45) is 2.51. The lowest BCUT2D eigenvalue weighted by atomic mass is 10.2. The number of anilines is 1. The van der Waals surface area contributed by atoms with E-state index in [9.17, 15) is 9.18 Å². The number of hydrogen-bond donors (Lipinski definition) is 2. The number of hydrogen-bond acceptors (Lipinski definition) is 3. The van der Waals surface area contributed by atoms with Gasteiger partial charge in [-0.05, 0) is 46.5 Å². The van der Waals surface area contributed by atoms with Crippen LogP contribution in [0.5, 0.6) is 0 Å². The summed E-state index contributed by atoms with van der Waals surface area (Å²) >= 11 is 4.79. The molecule has 1 aromatic carbocycles. The molecule has 0 radical (unpaired) electrons. The van der Waals surface area contributed by atoms with Crippen LogP contribution >= 0.6 is 27.7 Å². The number of thioether (sulfide) groups is 1. The molecule has 0 heterocycles. The molecule has 0 aliphatic heterocycles. The molecule has 17 heavy (non-hydrogen) atoms. The molecule has 0 spiro atoms. The lowest BCUT2D eigenvalue weighted by Crippen LogP contribution is -2.36. The number of para-hydroxylation sites is 1. The van der Waals surface area contributed by atoms with Crippen molar-refractivity contribution in [2.75, 3.05) is 17.3 Å². The summed E-state index contributed by atoms with van der Waals surface area (Å²) in [7, 11) is 0. The van der Waals surface area contributed by atoms with Gasteiger partial charge in [0.05, 0.1) is 11.7 Å². The second-order valence-corrected chi connectivity index (χ2v) is 5.31. The van der Waals surface area contributed by atoms with E-state index < -0.39 is 11.9 Å². The maximum atomic E-state index is 13.4. The zero-order valence-corrected chi connectivity index (χ0v) is 11.8. The third-order valence-electron chi connectivity index (χ3n) is 2.18. The number of carbonyl (C=O) groups is 1. The molecular weight excluding hydrogens is 307 g/mol. The average molecular weight is 321 g/mol. The van der Waals surface area contributed by atoms with Gasteiger partial charge in [-0.2, -0.15) is 11.8 Å². The molecule has 3 nitrogen and oxygen atoms in total. The molecule has 1 aromatic rings. The van der Waals surface area contributed by atoms with Gasteiger partial charge in [0.1, 0.15) is 5.82 Å². The van der Waals surface area contributed by atoms with Gasteiger partial charge in [-0.25, -0.2) is 4.39 Å². The van der Waals surface area contributed by atoms with Crippen LogP contribution in [0.15, 0.2) is 22.7 Å². The molecule has 6 heteroatoms. The standard InChI is InChI=1S/C11H14BrFN2OS/c1-17-6-5-9(14)11(16)15-10-7(12)3-2-4-8(10)13/h2-4,9H,5-6,14H2,1H3,(H,15,16)/t9-/m1/s1. The Balaban J connectivity index is 2.68. The van der Waals surface area contributed by atoms with Crippen LogP contribution < -0.4 is 11.1 Å². The Bertz CT molecular complexity index is 383. The second kappa shape index (κ2) is 6.98. The Hall–Kier alpha value is -0.590. The largest absolute Gasteiger partial charge is 0.321 e. The van der Waals surface area contributed by atoms with Gasteiger partial charge in [-0.1, -0.05) is 6.07 Å². The molecule has 3 N–H and O–H groups in total. The molecule has 0 fully saturated rings. The van der Waals surface area contributed by atoms with Crippen LogP contribution in [0.3, 0.4) is 0 Å². The Morgan fingerprint density at radius 3 is 2.94 bits per heavy atom. The van der Waals surface area contributed by atoms with E-state index in [0.717, 1.165) is 5.75 Å². The van der Waals surface area contributed by atoms with E-state index in [1.807, 2.05) is 6.26 Å². The summed E-state index contributed by atoms with van der Waals surface area (Å²) in [6, 6.07) is 3.89. The Morgan fingerprint density at radius 2 is 2.35 bits per heavy atom. The summed E-state index contributed by atoms with van der Waals surface area (Å²) < 4.78 is 13.9. The number of carbonyl (C=O) groups excluding carboxylic acids is 1. The highest BCUT2D eigenvalue weighted by molar-refractivity contribution is 9.10. The predicted octanol–water partition coefficient (Wildman–Crippen LogP) is 2.61. The first kappa shape index (κ1) is 14.5. The van der Waals surface area contributed by atoms with Crippen LogP contribution in [0, 0.1) is 5.82 Å². The van der Waals surface area contributed by atoms with E-state index in [2.05, 4.69) is 21.2 Å². The van der Waals surface area contributed by atoms with Gasteiger partial charge < -0.3 is 11.1 Å². The van der Waals surface area contributed by atoms with Crippen LogP contribution in [0.25, 0.3) is 0 Å². The van der Waals surface area contributed by atoms with E-state index in [1.165, 1.54) is 6.07 Å². The van der Waals surface area contributed by atoms with Crippen LogP contribution in [-0.4, -0.2) is 24.0 Å². The molecule has 0 bridgehead atoms. The Labute approximate surface area is 112 Å². The number of rotatable bonds is 5. The fourth-order valence-electron chi connectivity index (χ4n) is 1.21. The van der Waals surface area contributed by atoms with Crippen molar-refractivity contribution >= 4 is 39.3 Å². The van der Waals surface area contributed by atoms with E-state index in [1.54, 1.807) is 23.9 Å². The zero-order valence-electron chi connectivity index (χ0n) is 9.37. The SMILES string of the molecule is CSCC[C@@H](N)C(=O)Nc1c(F)cccc1Br. The fraction of sp³-hybridized carbons (Fsp3) is 0.364. The lowest BCUT2D eigenvalue weighted by molar-refractivity contribution is -0.117. The average Bonchev–Trinajstić information content (AvgIpc) is 2.30. The summed E-state index contributed by atoms with van der Waals surface area (Å²) in [4.78, 5) is 11.7. The van der Waals surface area contributed by atoms with Crippen molar-refractivity contribution < 1.29 is 9.18 Å². The smallest absolute Gasteiger partial charge is 0.241 e. The van der Waals surface area contributed by atoms with E-state index in [0.29, 0.717) is 10.9 Å². The summed E-state index contributed by atoms with van der Waals surface area (Å²) in [6.45, 7) is 0. The summed E-state index contributed by atoms with van der Waals surface area (Å²) in [5, 5.41) is 2.49. The molecule has 1 atom stereocenters. The molecule has 1 amide bonds. The van der Waals surface area contributed by atoms with Crippen LogP contribution in [0.1, 0.15) is 6.42 Å². The monoisotopic (exact) mass is 320 g/mol. The van der Waals surface area contributed by atoms with Crippen molar-refractivity contribution in [1.82, 2.24) is 0 Å². The first-order valence-electron chi connectivity index (χ1n) is 5.05. The first-order chi connectivity index (χ1) is 8.06. The fourth-order valence-corrected chi connectivity index (χ4v) is 2.14. The van der Waals surface area contributed by atoms with Crippen LogP contribution in [0.4, 0.5) is 10.1 Å². The van der Waals surface area contributed by atoms with Crippen molar-refractivity contribution in [2.45, 2.75) is 12.5 Å². The van der Waals surface area contributed by atoms with Crippen molar-refractivity contribution in [2.24, 2.45) is 5.73 Å². The minimum Gasteiger partial charge on any atom is -0.321 e. The van der Waals surface area contributed by atoms with Gasteiger partial charge in [0.15, 0.2) is 0 Å². The molecule has 1 rings (SSSR count). The topological polar surface area (TPSA) is 55.1 Å². The normalized spacial score (nSPS) is 12.2. The maximum Gasteiger partial charge on any atom is 0.241 e. The maximum absolute atomic E-state index is 13.4. The lowest BCUT2D eigenvalue weighted by Gasteiger charge is -2.13. The second-order valence-electron chi connectivity index (χ2n) is 3.47. The summed E-state index contributed by atoms with van der Waals surface area (Å²) in [5.41, 5.74) is 5.82. The third-order valence-corrected chi connectivity index (χ3v) is 3.49. The van der Waals surface area contributed by atoms with Gasteiger partial charge >= 0.3 is 0 Å². The van der Waals surface area contributed by atoms with Gasteiger partial charge in [-0.3, -0.25) is 4.79 Å². The zero-order chi connectivity index (χ0) is 12.8. The van der Waals surface area contributed by atoms with Gasteiger partial charge in [0.25, 0.3) is 0 Å². The Morgan fingerprint density at radius 1 is 1.65 bits per heavy atom. The first-order valence-corrected chi connectivity index (χ1v) is 7.24. The van der Waals surface area contributed by atoms with Crippen molar-refractivity contribution in [3.8, 4) is 0 Å². The van der Waals surface area contributed by atoms with E-state index >= 15 is 0 Å². The minimum absolute atomic E-state index is 0.136. The van der Waals surface area contributed by atoms with E-state index in [4.69, 9.17) is 5.73 Å². The van der Waals surface area contributed by atoms with Gasteiger partial charge in [-0.15, -0.1) is 0 Å². The molecule has 94 valence electrons. The molecule has 0 saturated carbocycles. The highest BCUT2D eigenvalue weighted by atomic mass is 79.9. The highest BCUT2D eigenvalue weighted by Crippen LogP contribution is 2.25. The number of halogens is 2. The van der Waals surface area contributed by atoms with Gasteiger partial charge in [0.2, 0.25) is 5.91 Å². The molecular formula is C11H14BrFN2OS. The molecule has 0 aliphatic carbocycles. The highest BCUT2D eigenvalue weighted by Gasteiger charge is 2.16. The van der Waals surface area contributed by atoms with Gasteiger partial charge in [0, 0.05) is 4.47 Å². The molecule has 0 aromatic heterocycles. The Kier molecular flexibility index (Phi) is 5.94. The van der Waals surface area contributed by atoms with Crippen molar-refractivity contribution in [3.05, 3.63) is 28.5 Å². The van der Waals surface area contributed by atoms with Crippen molar-refractivity contribution in [1.29, 1.82) is 0 Å². The summed E-state index contributed by atoms with van der Waals surface area (Å²) in [5.74, 6) is -0.0535. The van der Waals surface area contributed by atoms with Crippen molar-refractivity contribution in [3.63, 3.8) is 0 Å². The number of amides is 1. The molecule has 0 unspecified atom stereocenters. The molecule has 0 saturated heterocycles. The number of nitrogens with two attached hydrogens (primary N) is 1. The van der Waals surface area contributed by atoms with Crippen LogP contribution in [-0.2, 0) is 4.79 Å². The quantitative estimate of drug-likeness (QED) is 0.876. The predicted molar refractivity (Wildman–Crippen MR) is 73.7 cm³/mol. The number of benzene rings is 1. The van der Waals surface area contributed by atoms with E-state index in [-0.39, 0.29) is 11.6 Å². The third kappa shape index (κ3) is 4.29.